The molecule has 0 saturated heterocycles. The molecule has 1 unspecified atom stereocenters. The minimum Gasteiger partial charge on any atom is -0.372 e. The highest BCUT2D eigenvalue weighted by atomic mass is 35.5. The molecular weight excluding hydrogens is 300 g/mol. The van der Waals surface area contributed by atoms with E-state index in [2.05, 4.69) is 63.3 Å². The van der Waals surface area contributed by atoms with Crippen LogP contribution in [0.3, 0.4) is 0 Å². The van der Waals surface area contributed by atoms with Crippen LogP contribution in [0.5, 0.6) is 0 Å². The summed E-state index contributed by atoms with van der Waals surface area (Å²) >= 11 is 8.11. The number of nitrogens with one attached hydrogen (secondary N) is 1. The van der Waals surface area contributed by atoms with Crippen LogP contribution in [0.25, 0.3) is 0 Å². The highest BCUT2D eigenvalue weighted by Gasteiger charge is 2.16. The maximum atomic E-state index is 6.21. The molecule has 0 aliphatic heterocycles. The summed E-state index contributed by atoms with van der Waals surface area (Å²) in [6.07, 6.45) is 3.33. The number of anilines is 1. The van der Waals surface area contributed by atoms with Crippen LogP contribution >= 0.6 is 23.4 Å². The van der Waals surface area contributed by atoms with Gasteiger partial charge >= 0.3 is 0 Å². The predicted molar refractivity (Wildman–Crippen MR) is 98.9 cm³/mol. The molecule has 120 valence electrons. The van der Waals surface area contributed by atoms with Crippen LogP contribution in [0, 0.1) is 0 Å². The van der Waals surface area contributed by atoms with Gasteiger partial charge in [0.25, 0.3) is 0 Å². The molecule has 0 aromatic heterocycles. The number of benzene rings is 1. The lowest BCUT2D eigenvalue weighted by Gasteiger charge is -2.30. The van der Waals surface area contributed by atoms with E-state index in [0.29, 0.717) is 6.04 Å². The SMILES string of the molecule is CSCCC(C)N(C)c1cc(Cl)ccc1CNC(C)(C)C. The van der Waals surface area contributed by atoms with Gasteiger partial charge in [0.2, 0.25) is 0 Å². The first-order valence-electron chi connectivity index (χ1n) is 7.50. The fraction of sp³-hybridized carbons (Fsp3) is 0.647. The van der Waals surface area contributed by atoms with Crippen LogP contribution in [0.2, 0.25) is 5.02 Å². The molecule has 0 saturated carbocycles. The van der Waals surface area contributed by atoms with Crippen molar-refractivity contribution in [3.63, 3.8) is 0 Å². The second-order valence-corrected chi connectivity index (χ2v) is 8.04. The molecule has 1 atom stereocenters. The van der Waals surface area contributed by atoms with Gasteiger partial charge in [-0.2, -0.15) is 11.8 Å². The average molecular weight is 329 g/mol. The number of thioether (sulfide) groups is 1. The fourth-order valence-electron chi connectivity index (χ4n) is 2.09. The Hall–Kier alpha value is -0.380. The molecular formula is C17H29ClN2S. The monoisotopic (exact) mass is 328 g/mol. The van der Waals surface area contributed by atoms with Gasteiger partial charge in [0.1, 0.15) is 0 Å². The quantitative estimate of drug-likeness (QED) is 0.773. The summed E-state index contributed by atoms with van der Waals surface area (Å²) in [7, 11) is 2.16. The Bertz CT molecular complexity index is 443. The second-order valence-electron chi connectivity index (χ2n) is 6.62. The number of hydrogen-bond donors (Lipinski definition) is 1. The van der Waals surface area contributed by atoms with Crippen LogP contribution in [0.1, 0.15) is 39.7 Å². The van der Waals surface area contributed by atoms with Gasteiger partial charge in [-0.3, -0.25) is 0 Å². The molecule has 4 heteroatoms. The molecule has 0 aliphatic rings. The van der Waals surface area contributed by atoms with Gasteiger partial charge in [-0.25, -0.2) is 0 Å². The Labute approximate surface area is 139 Å². The second kappa shape index (κ2) is 8.30. The van der Waals surface area contributed by atoms with Gasteiger partial charge in [-0.05, 0) is 63.8 Å². The first-order chi connectivity index (χ1) is 9.74. The van der Waals surface area contributed by atoms with E-state index in [1.54, 1.807) is 0 Å². The predicted octanol–water partition coefficient (Wildman–Crippen LogP) is 4.81. The van der Waals surface area contributed by atoms with E-state index in [0.717, 1.165) is 11.6 Å². The molecule has 1 aromatic rings. The van der Waals surface area contributed by atoms with E-state index in [1.165, 1.54) is 23.4 Å². The summed E-state index contributed by atoms with van der Waals surface area (Å²) in [6.45, 7) is 9.70. The summed E-state index contributed by atoms with van der Waals surface area (Å²) in [5, 5.41) is 4.36. The van der Waals surface area contributed by atoms with Gasteiger partial charge in [0, 0.05) is 35.9 Å². The molecule has 2 nitrogen and oxygen atoms in total. The molecule has 0 aliphatic carbocycles. The number of hydrogen-bond acceptors (Lipinski definition) is 3. The number of halogens is 1. The first-order valence-corrected chi connectivity index (χ1v) is 9.27. The van der Waals surface area contributed by atoms with Crippen LogP contribution in [0.4, 0.5) is 5.69 Å². The zero-order chi connectivity index (χ0) is 16.0. The highest BCUT2D eigenvalue weighted by molar-refractivity contribution is 7.98. The van der Waals surface area contributed by atoms with Crippen LogP contribution < -0.4 is 10.2 Å². The Morgan fingerprint density at radius 1 is 1.33 bits per heavy atom. The molecule has 0 amide bonds. The van der Waals surface area contributed by atoms with Crippen molar-refractivity contribution in [1.29, 1.82) is 0 Å². The van der Waals surface area contributed by atoms with Gasteiger partial charge in [0.05, 0.1) is 0 Å². The van der Waals surface area contributed by atoms with E-state index in [-0.39, 0.29) is 5.54 Å². The van der Waals surface area contributed by atoms with Crippen molar-refractivity contribution in [1.82, 2.24) is 5.32 Å². The van der Waals surface area contributed by atoms with Crippen molar-refractivity contribution in [3.8, 4) is 0 Å². The first kappa shape index (κ1) is 18.7. The molecule has 0 heterocycles. The zero-order valence-corrected chi connectivity index (χ0v) is 15.7. The third-order valence-corrected chi connectivity index (χ3v) is 4.52. The van der Waals surface area contributed by atoms with Gasteiger partial charge < -0.3 is 10.2 Å². The van der Waals surface area contributed by atoms with Crippen LogP contribution in [0.15, 0.2) is 18.2 Å². The number of nitrogens with zero attached hydrogens (tertiary/aromatic N) is 1. The van der Waals surface area contributed by atoms with Gasteiger partial charge in [-0.15, -0.1) is 0 Å². The summed E-state index contributed by atoms with van der Waals surface area (Å²) < 4.78 is 0. The van der Waals surface area contributed by atoms with Crippen molar-refractivity contribution in [2.45, 2.75) is 52.2 Å². The van der Waals surface area contributed by atoms with E-state index in [9.17, 15) is 0 Å². The molecule has 0 radical (unpaired) electrons. The van der Waals surface area contributed by atoms with Crippen molar-refractivity contribution < 1.29 is 0 Å². The van der Waals surface area contributed by atoms with E-state index >= 15 is 0 Å². The summed E-state index contributed by atoms with van der Waals surface area (Å²) in [4.78, 5) is 2.35. The van der Waals surface area contributed by atoms with Crippen LogP contribution in [-0.2, 0) is 6.54 Å². The Morgan fingerprint density at radius 3 is 2.57 bits per heavy atom. The van der Waals surface area contributed by atoms with Crippen molar-refractivity contribution in [3.05, 3.63) is 28.8 Å². The summed E-state index contributed by atoms with van der Waals surface area (Å²) in [5.41, 5.74) is 2.64. The standard InChI is InChI=1S/C17H29ClN2S/c1-13(9-10-21-6)20(5)16-11-15(18)8-7-14(16)12-19-17(2,3)4/h7-8,11,13,19H,9-10,12H2,1-6H3. The minimum atomic E-state index is 0.111. The molecule has 1 N–H and O–H groups in total. The molecule has 1 rings (SSSR count). The number of rotatable bonds is 7. The maximum absolute atomic E-state index is 6.21. The molecule has 0 spiro atoms. The van der Waals surface area contributed by atoms with Crippen molar-refractivity contribution in [2.24, 2.45) is 0 Å². The van der Waals surface area contributed by atoms with Gasteiger partial charge in [0.15, 0.2) is 0 Å². The van der Waals surface area contributed by atoms with Crippen LogP contribution in [-0.4, -0.2) is 30.6 Å². The maximum Gasteiger partial charge on any atom is 0.0426 e. The van der Waals surface area contributed by atoms with Crippen molar-refractivity contribution in [2.75, 3.05) is 24.0 Å². The molecule has 0 fully saturated rings. The van der Waals surface area contributed by atoms with E-state index in [1.807, 2.05) is 17.8 Å². The summed E-state index contributed by atoms with van der Waals surface area (Å²) in [6, 6.07) is 6.69. The fourth-order valence-corrected chi connectivity index (χ4v) is 2.84. The Balaban J connectivity index is 2.90. The molecule has 21 heavy (non-hydrogen) atoms. The topological polar surface area (TPSA) is 15.3 Å². The molecule has 0 bridgehead atoms. The smallest absolute Gasteiger partial charge is 0.0426 e. The minimum absolute atomic E-state index is 0.111. The average Bonchev–Trinajstić information content (AvgIpc) is 2.41. The normalized spacial score (nSPS) is 13.3. The zero-order valence-electron chi connectivity index (χ0n) is 14.2. The van der Waals surface area contributed by atoms with E-state index < -0.39 is 0 Å². The lowest BCUT2D eigenvalue weighted by Crippen LogP contribution is -2.36. The largest absolute Gasteiger partial charge is 0.372 e. The molecule has 1 aromatic carbocycles. The Morgan fingerprint density at radius 2 is 2.00 bits per heavy atom. The lowest BCUT2D eigenvalue weighted by atomic mass is 10.1. The third-order valence-electron chi connectivity index (χ3n) is 3.64. The lowest BCUT2D eigenvalue weighted by molar-refractivity contribution is 0.424. The third kappa shape index (κ3) is 6.50. The highest BCUT2D eigenvalue weighted by Crippen LogP contribution is 2.27. The Kier molecular flexibility index (Phi) is 7.38. The van der Waals surface area contributed by atoms with Gasteiger partial charge in [-0.1, -0.05) is 17.7 Å². The van der Waals surface area contributed by atoms with Crippen molar-refractivity contribution >= 4 is 29.1 Å². The van der Waals surface area contributed by atoms with E-state index in [4.69, 9.17) is 11.6 Å². The summed E-state index contributed by atoms with van der Waals surface area (Å²) in [5.74, 6) is 1.18.